The number of ether oxygens (including phenoxy) is 1. The van der Waals surface area contributed by atoms with Gasteiger partial charge in [-0.1, -0.05) is 18.2 Å². The van der Waals surface area contributed by atoms with E-state index in [-0.39, 0.29) is 24.7 Å². The second kappa shape index (κ2) is 10.0. The summed E-state index contributed by atoms with van der Waals surface area (Å²) in [5, 5.41) is 16.1. The van der Waals surface area contributed by atoms with E-state index in [1.165, 1.54) is 18.2 Å². The van der Waals surface area contributed by atoms with Crippen LogP contribution in [0.15, 0.2) is 49.1 Å². The molecule has 152 valence electrons. The number of nitrogens with one attached hydrogen (secondary N) is 2. The normalized spacial score (nSPS) is 10.1. The highest BCUT2D eigenvalue weighted by molar-refractivity contribution is 5.95. The van der Waals surface area contributed by atoms with Crippen LogP contribution in [0, 0.1) is 24.0 Å². The molecule has 8 nitrogen and oxygen atoms in total. The number of amides is 2. The highest BCUT2D eigenvalue weighted by atomic mass is 16.6. The SMILES string of the molecule is C=CCc1cc([N+](=O)[O-])ccc1OCC(=O)NCC(=O)Nc1cccc(C)c1C. The number of benzene rings is 2. The van der Waals surface area contributed by atoms with Crippen LogP contribution in [-0.4, -0.2) is 29.9 Å². The first-order valence-electron chi connectivity index (χ1n) is 8.95. The van der Waals surface area contributed by atoms with Crippen LogP contribution < -0.4 is 15.4 Å². The van der Waals surface area contributed by atoms with Gasteiger partial charge >= 0.3 is 0 Å². The lowest BCUT2D eigenvalue weighted by Crippen LogP contribution is -2.36. The minimum atomic E-state index is -0.502. The zero-order chi connectivity index (χ0) is 21.4. The molecule has 0 aromatic heterocycles. The molecule has 0 aliphatic rings. The van der Waals surface area contributed by atoms with E-state index in [1.54, 1.807) is 12.1 Å². The summed E-state index contributed by atoms with van der Waals surface area (Å²) in [6.07, 6.45) is 1.94. The topological polar surface area (TPSA) is 111 Å². The summed E-state index contributed by atoms with van der Waals surface area (Å²) < 4.78 is 5.46. The molecule has 2 rings (SSSR count). The molecule has 0 aliphatic carbocycles. The fourth-order valence-electron chi connectivity index (χ4n) is 2.59. The van der Waals surface area contributed by atoms with E-state index >= 15 is 0 Å². The molecular formula is C21H23N3O5. The van der Waals surface area contributed by atoms with Crippen LogP contribution in [-0.2, 0) is 16.0 Å². The monoisotopic (exact) mass is 397 g/mol. The quantitative estimate of drug-likeness (QED) is 0.384. The predicted octanol–water partition coefficient (Wildman–Crippen LogP) is 3.07. The van der Waals surface area contributed by atoms with E-state index in [0.717, 1.165) is 11.1 Å². The molecule has 2 aromatic carbocycles. The van der Waals surface area contributed by atoms with Crippen molar-refractivity contribution in [2.24, 2.45) is 0 Å². The van der Waals surface area contributed by atoms with Crippen molar-refractivity contribution < 1.29 is 19.2 Å². The van der Waals surface area contributed by atoms with E-state index in [0.29, 0.717) is 23.4 Å². The van der Waals surface area contributed by atoms with Gasteiger partial charge in [0.15, 0.2) is 6.61 Å². The molecule has 29 heavy (non-hydrogen) atoms. The van der Waals surface area contributed by atoms with E-state index in [9.17, 15) is 19.7 Å². The Balaban J connectivity index is 1.88. The van der Waals surface area contributed by atoms with Gasteiger partial charge in [-0.05, 0) is 43.5 Å². The number of allylic oxidation sites excluding steroid dienone is 1. The van der Waals surface area contributed by atoms with Crippen LogP contribution in [0.1, 0.15) is 16.7 Å². The van der Waals surface area contributed by atoms with Gasteiger partial charge < -0.3 is 15.4 Å². The van der Waals surface area contributed by atoms with Gasteiger partial charge in [-0.3, -0.25) is 19.7 Å². The number of nitro groups is 1. The second-order valence-corrected chi connectivity index (χ2v) is 6.40. The van der Waals surface area contributed by atoms with E-state index in [2.05, 4.69) is 17.2 Å². The fraction of sp³-hybridized carbons (Fsp3) is 0.238. The second-order valence-electron chi connectivity index (χ2n) is 6.40. The van der Waals surface area contributed by atoms with Crippen molar-refractivity contribution in [3.05, 3.63) is 75.9 Å². The highest BCUT2D eigenvalue weighted by Gasteiger charge is 2.13. The molecule has 0 unspecified atom stereocenters. The van der Waals surface area contributed by atoms with Crippen molar-refractivity contribution in [1.82, 2.24) is 5.32 Å². The predicted molar refractivity (Wildman–Crippen MR) is 110 cm³/mol. The molecule has 0 heterocycles. The number of nitrogens with zero attached hydrogens (tertiary/aromatic N) is 1. The Bertz CT molecular complexity index is 940. The number of anilines is 1. The van der Waals surface area contributed by atoms with Crippen molar-refractivity contribution in [2.45, 2.75) is 20.3 Å². The van der Waals surface area contributed by atoms with Gasteiger partial charge in [0.05, 0.1) is 11.5 Å². The molecule has 2 amide bonds. The van der Waals surface area contributed by atoms with E-state index in [4.69, 9.17) is 4.74 Å². The van der Waals surface area contributed by atoms with Gasteiger partial charge in [0.25, 0.3) is 11.6 Å². The Morgan fingerprint density at radius 1 is 1.21 bits per heavy atom. The minimum Gasteiger partial charge on any atom is -0.483 e. The smallest absolute Gasteiger partial charge is 0.269 e. The first-order chi connectivity index (χ1) is 13.8. The fourth-order valence-corrected chi connectivity index (χ4v) is 2.59. The maximum Gasteiger partial charge on any atom is 0.269 e. The molecule has 0 fully saturated rings. The number of aryl methyl sites for hydroxylation is 1. The lowest BCUT2D eigenvalue weighted by molar-refractivity contribution is -0.384. The third-order valence-corrected chi connectivity index (χ3v) is 4.30. The van der Waals surface area contributed by atoms with Crippen LogP contribution in [0.5, 0.6) is 5.75 Å². The van der Waals surface area contributed by atoms with Crippen LogP contribution >= 0.6 is 0 Å². The van der Waals surface area contributed by atoms with Crippen LogP contribution in [0.25, 0.3) is 0 Å². The summed E-state index contributed by atoms with van der Waals surface area (Å²) in [6, 6.07) is 9.71. The number of hydrogen-bond donors (Lipinski definition) is 2. The largest absolute Gasteiger partial charge is 0.483 e. The Labute approximate surface area is 168 Å². The minimum absolute atomic E-state index is 0.0678. The molecule has 0 aliphatic heterocycles. The Hall–Kier alpha value is -3.68. The van der Waals surface area contributed by atoms with Gasteiger partial charge in [0, 0.05) is 23.4 Å². The Kier molecular flexibility index (Phi) is 7.47. The lowest BCUT2D eigenvalue weighted by Gasteiger charge is -2.12. The molecule has 0 saturated heterocycles. The molecule has 0 spiro atoms. The molecule has 0 atom stereocenters. The molecule has 0 bridgehead atoms. The van der Waals surface area contributed by atoms with Crippen LogP contribution in [0.4, 0.5) is 11.4 Å². The third kappa shape index (κ3) is 6.17. The van der Waals surface area contributed by atoms with Crippen molar-refractivity contribution >= 4 is 23.2 Å². The maximum absolute atomic E-state index is 12.1. The van der Waals surface area contributed by atoms with Crippen molar-refractivity contribution in [3.8, 4) is 5.75 Å². The average Bonchev–Trinajstić information content (AvgIpc) is 2.69. The molecular weight excluding hydrogens is 374 g/mol. The van der Waals surface area contributed by atoms with Crippen molar-refractivity contribution in [1.29, 1.82) is 0 Å². The van der Waals surface area contributed by atoms with Crippen LogP contribution in [0.3, 0.4) is 0 Å². The zero-order valence-electron chi connectivity index (χ0n) is 16.4. The molecule has 2 N–H and O–H groups in total. The van der Waals surface area contributed by atoms with Gasteiger partial charge in [-0.15, -0.1) is 6.58 Å². The first kappa shape index (κ1) is 21.6. The summed E-state index contributed by atoms with van der Waals surface area (Å²) >= 11 is 0. The highest BCUT2D eigenvalue weighted by Crippen LogP contribution is 2.25. The third-order valence-electron chi connectivity index (χ3n) is 4.30. The van der Waals surface area contributed by atoms with Crippen molar-refractivity contribution in [2.75, 3.05) is 18.5 Å². The summed E-state index contributed by atoms with van der Waals surface area (Å²) in [5.41, 5.74) is 3.19. The number of carbonyl (C=O) groups is 2. The first-order valence-corrected chi connectivity index (χ1v) is 8.95. The molecule has 8 heteroatoms. The number of non-ortho nitro benzene ring substituents is 1. The molecule has 0 saturated carbocycles. The van der Waals surface area contributed by atoms with Crippen LogP contribution in [0.2, 0.25) is 0 Å². The van der Waals surface area contributed by atoms with Crippen molar-refractivity contribution in [3.63, 3.8) is 0 Å². The Morgan fingerprint density at radius 3 is 2.66 bits per heavy atom. The average molecular weight is 397 g/mol. The zero-order valence-corrected chi connectivity index (χ0v) is 16.4. The number of carbonyl (C=O) groups excluding carboxylic acids is 2. The number of nitro benzene ring substituents is 1. The number of hydrogen-bond acceptors (Lipinski definition) is 5. The molecule has 0 radical (unpaired) electrons. The van der Waals surface area contributed by atoms with Gasteiger partial charge in [-0.2, -0.15) is 0 Å². The Morgan fingerprint density at radius 2 is 1.97 bits per heavy atom. The summed E-state index contributed by atoms with van der Waals surface area (Å²) in [6.45, 7) is 6.95. The van der Waals surface area contributed by atoms with Gasteiger partial charge in [0.2, 0.25) is 5.91 Å². The summed E-state index contributed by atoms with van der Waals surface area (Å²) in [4.78, 5) is 34.4. The maximum atomic E-state index is 12.1. The molecule has 2 aromatic rings. The standard InChI is InChI=1S/C21H23N3O5/c1-4-6-16-11-17(24(27)28)9-10-19(16)29-13-21(26)22-12-20(25)23-18-8-5-7-14(2)15(18)3/h4-5,7-11H,1,6,12-13H2,2-3H3,(H,22,26)(H,23,25). The summed E-state index contributed by atoms with van der Waals surface area (Å²) in [7, 11) is 0. The van der Waals surface area contributed by atoms with E-state index in [1.807, 2.05) is 26.0 Å². The lowest BCUT2D eigenvalue weighted by atomic mass is 10.1. The number of rotatable bonds is 9. The van der Waals surface area contributed by atoms with Gasteiger partial charge in [-0.25, -0.2) is 0 Å². The van der Waals surface area contributed by atoms with Gasteiger partial charge in [0.1, 0.15) is 5.75 Å². The van der Waals surface area contributed by atoms with E-state index < -0.39 is 10.8 Å². The summed E-state index contributed by atoms with van der Waals surface area (Å²) in [5.74, 6) is -0.482.